The molecule has 2 aromatic rings. The lowest BCUT2D eigenvalue weighted by molar-refractivity contribution is -0.944. The minimum Gasteiger partial charge on any atom is -1.00 e. The van der Waals surface area contributed by atoms with Crippen molar-refractivity contribution in [2.24, 2.45) is 11.7 Å². The highest BCUT2D eigenvalue weighted by Crippen LogP contribution is 2.38. The molecule has 2 bridgehead atoms. The molecule has 0 aromatic heterocycles. The monoisotopic (exact) mass is 540 g/mol. The molecule has 3 fully saturated rings. The molecule has 3 N–H and O–H groups in total. The van der Waals surface area contributed by atoms with E-state index in [4.69, 9.17) is 10.5 Å². The average Bonchev–Trinajstić information content (AvgIpc) is 2.75. The van der Waals surface area contributed by atoms with Crippen molar-refractivity contribution in [1.82, 2.24) is 0 Å². The number of nitrogens with two attached hydrogens (primary N) is 1. The van der Waals surface area contributed by atoms with E-state index in [-0.39, 0.29) is 40.1 Å². The summed E-state index contributed by atoms with van der Waals surface area (Å²) in [6.07, 6.45) is 1.93. The Balaban J connectivity index is 0.00000160. The van der Waals surface area contributed by atoms with Gasteiger partial charge in [-0.1, -0.05) is 60.7 Å². The van der Waals surface area contributed by atoms with E-state index < -0.39 is 11.6 Å². The van der Waals surface area contributed by atoms with Gasteiger partial charge < -0.3 is 37.0 Å². The maximum atomic E-state index is 13.4. The Morgan fingerprint density at radius 3 is 2.00 bits per heavy atom. The zero-order valence-electron chi connectivity index (χ0n) is 17.0. The fourth-order valence-corrected chi connectivity index (χ4v) is 4.93. The van der Waals surface area contributed by atoms with Crippen LogP contribution in [0.15, 0.2) is 60.7 Å². The Hall–Kier alpha value is -1.25. The smallest absolute Gasteiger partial charge is 0.348 e. The molecule has 0 aliphatic carbocycles. The summed E-state index contributed by atoms with van der Waals surface area (Å²) < 4.78 is 6.96. The van der Waals surface area contributed by atoms with Gasteiger partial charge in [0.15, 0.2) is 6.10 Å². The molecule has 1 atom stereocenters. The summed E-state index contributed by atoms with van der Waals surface area (Å²) in [5.74, 6) is -0.216. The van der Waals surface area contributed by atoms with Gasteiger partial charge in [-0.15, -0.1) is 17.0 Å². The van der Waals surface area contributed by atoms with E-state index in [0.717, 1.165) is 43.5 Å². The number of hydrogen-bond donors (Lipinski definition) is 2. The fourth-order valence-electron chi connectivity index (χ4n) is 4.93. The molecule has 164 valence electrons. The first-order valence-electron chi connectivity index (χ1n) is 10.2. The summed E-state index contributed by atoms with van der Waals surface area (Å²) in [7, 11) is 0. The number of aliphatic hydroxyl groups is 1. The molecule has 2 aromatic carbocycles. The maximum absolute atomic E-state index is 13.4. The van der Waals surface area contributed by atoms with Gasteiger partial charge in [0.1, 0.15) is 6.54 Å². The first-order valence-corrected chi connectivity index (χ1v) is 10.2. The second-order valence-corrected chi connectivity index (χ2v) is 8.21. The zero-order chi connectivity index (χ0) is 19.6. The number of piperidine rings is 3. The molecular weight excluding hydrogens is 512 g/mol. The van der Waals surface area contributed by atoms with Gasteiger partial charge in [-0.2, -0.15) is 0 Å². The Morgan fingerprint density at radius 2 is 1.53 bits per heavy atom. The number of carbonyl (C=O) groups excluding carboxylic acids is 1. The average molecular weight is 542 g/mol. The van der Waals surface area contributed by atoms with Crippen LogP contribution in [-0.4, -0.2) is 54.4 Å². The Morgan fingerprint density at radius 1 is 1.03 bits per heavy atom. The molecule has 0 saturated carbocycles. The Kier molecular flexibility index (Phi) is 8.65. The van der Waals surface area contributed by atoms with Crippen LogP contribution in [0.5, 0.6) is 0 Å². The lowest BCUT2D eigenvalue weighted by Gasteiger charge is -2.52. The van der Waals surface area contributed by atoms with Gasteiger partial charge >= 0.3 is 5.97 Å². The van der Waals surface area contributed by atoms with Gasteiger partial charge in [-0.3, -0.25) is 0 Å². The van der Waals surface area contributed by atoms with Crippen molar-refractivity contribution in [3.8, 4) is 0 Å². The van der Waals surface area contributed by atoms with Crippen LogP contribution < -0.4 is 22.7 Å². The van der Waals surface area contributed by atoms with E-state index in [9.17, 15) is 9.90 Å². The van der Waals surface area contributed by atoms with Gasteiger partial charge in [0, 0.05) is 25.3 Å². The maximum Gasteiger partial charge on any atom is 0.348 e. The lowest BCUT2D eigenvalue weighted by Crippen LogP contribution is -3.00. The third-order valence-corrected chi connectivity index (χ3v) is 6.58. The van der Waals surface area contributed by atoms with E-state index in [1.807, 2.05) is 36.4 Å². The number of carbonyl (C=O) groups is 1. The molecule has 0 unspecified atom stereocenters. The molecule has 3 aliphatic heterocycles. The van der Waals surface area contributed by atoms with E-state index >= 15 is 0 Å². The molecular formula is C23H30Br2N2O3. The van der Waals surface area contributed by atoms with Crippen LogP contribution in [0.25, 0.3) is 0 Å². The van der Waals surface area contributed by atoms with Crippen molar-refractivity contribution in [3.63, 3.8) is 0 Å². The normalized spacial score (nSPS) is 25.0. The Bertz CT molecular complexity index is 767. The molecule has 30 heavy (non-hydrogen) atoms. The number of nitrogens with zero attached hydrogens (tertiary/aromatic N) is 1. The summed E-state index contributed by atoms with van der Waals surface area (Å²) in [6, 6.07) is 18.1. The number of ether oxygens (including phenoxy) is 1. The number of halogens is 2. The number of fused-ring (bicyclic) bond motifs is 3. The molecule has 0 radical (unpaired) electrons. The molecule has 5 rings (SSSR count). The molecule has 3 saturated heterocycles. The number of esters is 1. The standard InChI is InChI=1S/C23H29N2O3.2BrH/c24-13-16-25-14-11-18(12-15-25)21(17-25)28-22(26)23(27,19-7-3-1-4-8-19)20-9-5-2-6-10-20;;/h1-10,18,21,27H,11-17,24H2;2*1H/q+1;;/p-1/t18?,21-,25?;;/m0../s1. The summed E-state index contributed by atoms with van der Waals surface area (Å²) in [4.78, 5) is 13.4. The van der Waals surface area contributed by atoms with Gasteiger partial charge in [0.25, 0.3) is 0 Å². The number of benzene rings is 2. The largest absolute Gasteiger partial charge is 1.00 e. The van der Waals surface area contributed by atoms with Crippen LogP contribution in [0.4, 0.5) is 0 Å². The van der Waals surface area contributed by atoms with Crippen molar-refractivity contribution < 1.29 is 36.1 Å². The van der Waals surface area contributed by atoms with Crippen LogP contribution in [-0.2, 0) is 15.1 Å². The summed E-state index contributed by atoms with van der Waals surface area (Å²) in [5.41, 5.74) is 5.08. The third kappa shape index (κ3) is 4.65. The van der Waals surface area contributed by atoms with Crippen LogP contribution in [0.1, 0.15) is 24.0 Å². The predicted octanol–water partition coefficient (Wildman–Crippen LogP) is -0.385. The van der Waals surface area contributed by atoms with Crippen molar-refractivity contribution in [1.29, 1.82) is 0 Å². The first kappa shape index (κ1) is 25.0. The summed E-state index contributed by atoms with van der Waals surface area (Å²) in [5, 5.41) is 11.6. The third-order valence-electron chi connectivity index (χ3n) is 6.58. The van der Waals surface area contributed by atoms with Gasteiger partial charge in [-0.25, -0.2) is 4.79 Å². The second-order valence-electron chi connectivity index (χ2n) is 8.21. The first-order chi connectivity index (χ1) is 13.6. The van der Waals surface area contributed by atoms with Crippen LogP contribution in [0.2, 0.25) is 0 Å². The number of rotatable bonds is 6. The van der Waals surface area contributed by atoms with Gasteiger partial charge in [-0.05, 0) is 11.1 Å². The molecule has 0 spiro atoms. The zero-order valence-corrected chi connectivity index (χ0v) is 20.3. The van der Waals surface area contributed by atoms with Crippen molar-refractivity contribution in [3.05, 3.63) is 71.8 Å². The Labute approximate surface area is 199 Å². The van der Waals surface area contributed by atoms with Crippen LogP contribution in [0.3, 0.4) is 0 Å². The minimum atomic E-state index is -1.81. The highest BCUT2D eigenvalue weighted by Gasteiger charge is 2.50. The molecule has 5 nitrogen and oxygen atoms in total. The number of quaternary nitrogens is 1. The van der Waals surface area contributed by atoms with Crippen molar-refractivity contribution in [2.45, 2.75) is 24.5 Å². The lowest BCUT2D eigenvalue weighted by atomic mass is 9.82. The quantitative estimate of drug-likeness (QED) is 0.386. The van der Waals surface area contributed by atoms with Crippen molar-refractivity contribution >= 4 is 23.0 Å². The highest BCUT2D eigenvalue weighted by atomic mass is 79.9. The SMILES string of the molecule is Br.NCC[N+]12CCC(CC1)[C@@H](OC(=O)C(O)(c1ccccc1)c1ccccc1)C2.[Br-]. The summed E-state index contributed by atoms with van der Waals surface area (Å²) >= 11 is 0. The van der Waals surface area contributed by atoms with E-state index in [1.54, 1.807) is 24.3 Å². The van der Waals surface area contributed by atoms with Crippen LogP contribution in [0, 0.1) is 5.92 Å². The summed E-state index contributed by atoms with van der Waals surface area (Å²) in [6.45, 7) is 4.58. The fraction of sp³-hybridized carbons (Fsp3) is 0.435. The van der Waals surface area contributed by atoms with Crippen molar-refractivity contribution in [2.75, 3.05) is 32.7 Å². The number of hydrogen-bond acceptors (Lipinski definition) is 4. The van der Waals surface area contributed by atoms with E-state index in [2.05, 4.69) is 0 Å². The van der Waals surface area contributed by atoms with E-state index in [1.165, 1.54) is 0 Å². The minimum absolute atomic E-state index is 0. The second kappa shape index (κ2) is 10.4. The molecule has 3 aliphatic rings. The molecule has 7 heteroatoms. The van der Waals surface area contributed by atoms with Crippen LogP contribution >= 0.6 is 17.0 Å². The topological polar surface area (TPSA) is 72.5 Å². The molecule has 3 heterocycles. The van der Waals surface area contributed by atoms with Gasteiger partial charge in [0.05, 0.1) is 19.6 Å². The van der Waals surface area contributed by atoms with Gasteiger partial charge in [0.2, 0.25) is 5.60 Å². The highest BCUT2D eigenvalue weighted by molar-refractivity contribution is 8.93. The molecule has 0 amide bonds. The van der Waals surface area contributed by atoms with E-state index in [0.29, 0.717) is 23.6 Å². The predicted molar refractivity (Wildman–Crippen MR) is 118 cm³/mol.